The predicted octanol–water partition coefficient (Wildman–Crippen LogP) is 1.34. The summed E-state index contributed by atoms with van der Waals surface area (Å²) in [7, 11) is -4.02. The number of carbonyl (C=O) groups excluding carboxylic acids is 4. The number of sulfonamides is 1. The van der Waals surface area contributed by atoms with Gasteiger partial charge in [-0.05, 0) is 42.9 Å². The Kier molecular flexibility index (Phi) is 11.4. The van der Waals surface area contributed by atoms with Crippen molar-refractivity contribution in [2.75, 3.05) is 32.7 Å². The van der Waals surface area contributed by atoms with Gasteiger partial charge in [0.15, 0.2) is 0 Å². The summed E-state index contributed by atoms with van der Waals surface area (Å²) >= 11 is 0. The Bertz CT molecular complexity index is 1350. The van der Waals surface area contributed by atoms with Crippen LogP contribution >= 0.6 is 0 Å². The van der Waals surface area contributed by atoms with Crippen molar-refractivity contribution in [2.24, 2.45) is 0 Å². The average Bonchev–Trinajstić information content (AvgIpc) is 3.15. The largest absolute Gasteiger partial charge is 0.483 e. The molecule has 2 aromatic carbocycles. The fourth-order valence-corrected chi connectivity index (χ4v) is 6.38. The molecule has 41 heavy (non-hydrogen) atoms. The normalized spacial score (nSPS) is 19.5. The number of nitrogens with one attached hydrogen (secondary N) is 2. The molecule has 0 bridgehead atoms. The highest BCUT2D eigenvalue weighted by Crippen LogP contribution is 2.30. The number of rotatable bonds is 4. The van der Waals surface area contributed by atoms with Crippen LogP contribution in [-0.4, -0.2) is 85.6 Å². The van der Waals surface area contributed by atoms with Crippen LogP contribution in [0.4, 0.5) is 0 Å². The van der Waals surface area contributed by atoms with Crippen molar-refractivity contribution in [3.63, 3.8) is 0 Å². The summed E-state index contributed by atoms with van der Waals surface area (Å²) in [5, 5.41) is 12.6. The maximum absolute atomic E-state index is 13.1. The van der Waals surface area contributed by atoms with Crippen molar-refractivity contribution in [2.45, 2.75) is 42.9 Å². The zero-order valence-electron chi connectivity index (χ0n) is 22.5. The molecule has 1 unspecified atom stereocenters. The second kappa shape index (κ2) is 14.9. The minimum absolute atomic E-state index is 0.0674. The van der Waals surface area contributed by atoms with E-state index in [1.165, 1.54) is 17.0 Å². The number of hydrogen-bond donors (Lipinski definition) is 3. The number of carbonyl (C=O) groups is 5. The Morgan fingerprint density at radius 1 is 0.951 bits per heavy atom. The van der Waals surface area contributed by atoms with Crippen LogP contribution in [0.1, 0.15) is 53.9 Å². The maximum Gasteiger partial charge on any atom is 0.290 e. The standard InChI is InChI=1S/C27H32N4O6S.CH2O2/c32-24-12-11-21(20-7-2-1-3-8-20)13-16-29-25(33)19-30(17-6-15-28-24)26(34)14-18-31-27(35)22-9-4-5-10-23(22)38(31,36)37;2-1-3/h1-5,7-10,21H,6,11-19H2,(H,28,32)(H,29,33);1H,(H,2,3). The van der Waals surface area contributed by atoms with Crippen molar-refractivity contribution in [1.29, 1.82) is 0 Å². The minimum atomic E-state index is -4.02. The zero-order chi connectivity index (χ0) is 29.8. The Balaban J connectivity index is 0.00000147. The third-order valence-electron chi connectivity index (χ3n) is 6.86. The van der Waals surface area contributed by atoms with Crippen molar-refractivity contribution < 1.29 is 37.5 Å². The number of nitrogens with zero attached hydrogens (tertiary/aromatic N) is 2. The number of carboxylic acid groups (broad SMARTS) is 1. The second-order valence-corrected chi connectivity index (χ2v) is 11.4. The number of benzene rings is 2. The quantitative estimate of drug-likeness (QED) is 0.451. The number of amides is 4. The van der Waals surface area contributed by atoms with Crippen molar-refractivity contribution in [1.82, 2.24) is 19.8 Å². The highest BCUT2D eigenvalue weighted by molar-refractivity contribution is 7.90. The van der Waals surface area contributed by atoms with Crippen molar-refractivity contribution >= 4 is 40.1 Å². The molecule has 0 aliphatic carbocycles. The molecular weight excluding hydrogens is 552 g/mol. The van der Waals surface area contributed by atoms with E-state index in [9.17, 15) is 27.6 Å². The highest BCUT2D eigenvalue weighted by atomic mass is 32.2. The van der Waals surface area contributed by atoms with Crippen LogP contribution < -0.4 is 10.6 Å². The van der Waals surface area contributed by atoms with Gasteiger partial charge in [-0.15, -0.1) is 0 Å². The maximum atomic E-state index is 13.1. The first-order valence-corrected chi connectivity index (χ1v) is 14.7. The Morgan fingerprint density at radius 3 is 2.32 bits per heavy atom. The molecule has 4 amide bonds. The number of hydrogen-bond acceptors (Lipinski definition) is 7. The molecule has 0 radical (unpaired) electrons. The summed E-state index contributed by atoms with van der Waals surface area (Å²) in [6.45, 7) is 0.182. The molecule has 0 saturated carbocycles. The van der Waals surface area contributed by atoms with E-state index < -0.39 is 21.8 Å². The van der Waals surface area contributed by atoms with Gasteiger partial charge in [-0.3, -0.25) is 24.0 Å². The van der Waals surface area contributed by atoms with Gasteiger partial charge in [0.25, 0.3) is 22.4 Å². The molecule has 2 aromatic rings. The first-order valence-electron chi connectivity index (χ1n) is 13.3. The first kappa shape index (κ1) is 31.3. The molecule has 1 saturated heterocycles. The van der Waals surface area contributed by atoms with Crippen LogP contribution in [0.2, 0.25) is 0 Å². The molecule has 1 fully saturated rings. The van der Waals surface area contributed by atoms with E-state index in [4.69, 9.17) is 9.90 Å². The fraction of sp³-hybridized carbons (Fsp3) is 0.393. The Hall–Kier alpha value is -4.26. The van der Waals surface area contributed by atoms with Gasteiger partial charge in [-0.1, -0.05) is 42.5 Å². The summed E-state index contributed by atoms with van der Waals surface area (Å²) < 4.78 is 26.3. The van der Waals surface area contributed by atoms with Gasteiger partial charge in [0, 0.05) is 39.0 Å². The fourth-order valence-electron chi connectivity index (χ4n) is 4.81. The van der Waals surface area contributed by atoms with Crippen LogP contribution in [0.5, 0.6) is 0 Å². The van der Waals surface area contributed by atoms with Crippen molar-refractivity contribution in [3.8, 4) is 0 Å². The number of fused-ring (bicyclic) bond motifs is 1. The summed E-state index contributed by atoms with van der Waals surface area (Å²) in [5.41, 5.74) is 1.19. The molecule has 0 spiro atoms. The van der Waals surface area contributed by atoms with Crippen LogP contribution in [0.25, 0.3) is 0 Å². The molecule has 2 aliphatic rings. The van der Waals surface area contributed by atoms with Gasteiger partial charge in [0.1, 0.15) is 4.90 Å². The SMILES string of the molecule is O=C1CCC(c2ccccc2)CCNC(=O)CN(C(=O)CCN2C(=O)c3ccccc3S2(=O)=O)CCCN1.O=CO. The summed E-state index contributed by atoms with van der Waals surface area (Å²) in [6, 6.07) is 15.8. The molecule has 220 valence electrons. The Labute approximate surface area is 238 Å². The average molecular weight is 587 g/mol. The summed E-state index contributed by atoms with van der Waals surface area (Å²) in [6.07, 6.45) is 1.84. The van der Waals surface area contributed by atoms with E-state index in [-0.39, 0.29) is 60.7 Å². The molecule has 12 nitrogen and oxygen atoms in total. The molecule has 2 heterocycles. The lowest BCUT2D eigenvalue weighted by Gasteiger charge is -2.24. The van der Waals surface area contributed by atoms with Crippen LogP contribution in [-0.2, 0) is 29.2 Å². The topological polar surface area (TPSA) is 170 Å². The van der Waals surface area contributed by atoms with Gasteiger partial charge in [-0.25, -0.2) is 12.7 Å². The van der Waals surface area contributed by atoms with Crippen LogP contribution in [0.3, 0.4) is 0 Å². The van der Waals surface area contributed by atoms with E-state index in [1.54, 1.807) is 12.1 Å². The molecule has 4 rings (SSSR count). The van der Waals surface area contributed by atoms with E-state index in [0.29, 0.717) is 43.1 Å². The molecule has 3 N–H and O–H groups in total. The van der Waals surface area contributed by atoms with E-state index >= 15 is 0 Å². The summed E-state index contributed by atoms with van der Waals surface area (Å²) in [5.74, 6) is -1.39. The van der Waals surface area contributed by atoms with Gasteiger partial charge in [0.2, 0.25) is 17.7 Å². The van der Waals surface area contributed by atoms with E-state index in [0.717, 1.165) is 5.56 Å². The van der Waals surface area contributed by atoms with E-state index in [1.807, 2.05) is 30.3 Å². The third kappa shape index (κ3) is 8.37. The van der Waals surface area contributed by atoms with Gasteiger partial charge < -0.3 is 20.6 Å². The predicted molar refractivity (Wildman–Crippen MR) is 148 cm³/mol. The van der Waals surface area contributed by atoms with Crippen LogP contribution in [0, 0.1) is 0 Å². The molecular formula is C28H34N4O8S. The van der Waals surface area contributed by atoms with Gasteiger partial charge >= 0.3 is 0 Å². The van der Waals surface area contributed by atoms with Gasteiger partial charge in [-0.2, -0.15) is 0 Å². The van der Waals surface area contributed by atoms with Crippen molar-refractivity contribution in [3.05, 3.63) is 65.7 Å². The molecule has 0 aromatic heterocycles. The third-order valence-corrected chi connectivity index (χ3v) is 8.70. The summed E-state index contributed by atoms with van der Waals surface area (Å²) in [4.78, 5) is 60.4. The Morgan fingerprint density at radius 2 is 1.61 bits per heavy atom. The molecule has 2 aliphatic heterocycles. The smallest absolute Gasteiger partial charge is 0.290 e. The molecule has 13 heteroatoms. The monoisotopic (exact) mass is 586 g/mol. The molecule has 1 atom stereocenters. The first-order chi connectivity index (χ1) is 19.7. The minimum Gasteiger partial charge on any atom is -0.483 e. The van der Waals surface area contributed by atoms with Gasteiger partial charge in [0.05, 0.1) is 12.1 Å². The zero-order valence-corrected chi connectivity index (χ0v) is 23.3. The van der Waals surface area contributed by atoms with E-state index in [2.05, 4.69) is 10.6 Å². The lowest BCUT2D eigenvalue weighted by molar-refractivity contribution is -0.136. The van der Waals surface area contributed by atoms with Crippen LogP contribution in [0.15, 0.2) is 59.5 Å². The lowest BCUT2D eigenvalue weighted by Crippen LogP contribution is -2.44. The lowest BCUT2D eigenvalue weighted by atomic mass is 9.91. The second-order valence-electron chi connectivity index (χ2n) is 9.54. The highest BCUT2D eigenvalue weighted by Gasteiger charge is 2.40.